The zero-order chi connectivity index (χ0) is 11.3. The van der Waals surface area contributed by atoms with E-state index in [2.05, 4.69) is 5.92 Å². The molecule has 1 aromatic rings. The summed E-state index contributed by atoms with van der Waals surface area (Å²) >= 11 is 5.81. The molecule has 0 aromatic heterocycles. The van der Waals surface area contributed by atoms with E-state index in [0.29, 0.717) is 18.8 Å². The number of ether oxygens (including phenoxy) is 1. The number of benzene rings is 1. The molecule has 0 spiro atoms. The monoisotopic (exact) mass is 224 g/mol. The van der Waals surface area contributed by atoms with Gasteiger partial charge in [0, 0.05) is 6.42 Å². The van der Waals surface area contributed by atoms with Crippen LogP contribution in [0.15, 0.2) is 18.2 Å². The first-order valence-corrected chi connectivity index (χ1v) is 4.62. The molecule has 1 N–H and O–H groups in total. The smallest absolute Gasteiger partial charge is 0.335 e. The van der Waals surface area contributed by atoms with Gasteiger partial charge in [0.2, 0.25) is 0 Å². The first-order chi connectivity index (χ1) is 7.15. The van der Waals surface area contributed by atoms with Crippen LogP contribution in [0.1, 0.15) is 16.8 Å². The molecule has 15 heavy (non-hydrogen) atoms. The minimum Gasteiger partial charge on any atom is -0.491 e. The van der Waals surface area contributed by atoms with Gasteiger partial charge in [0.15, 0.2) is 0 Å². The summed E-state index contributed by atoms with van der Waals surface area (Å²) in [5.74, 6) is 1.85. The Morgan fingerprint density at radius 3 is 2.87 bits per heavy atom. The van der Waals surface area contributed by atoms with Crippen molar-refractivity contribution in [1.29, 1.82) is 0 Å². The zero-order valence-corrected chi connectivity index (χ0v) is 8.62. The number of terminal acetylenes is 1. The van der Waals surface area contributed by atoms with Crippen LogP contribution in [0.3, 0.4) is 0 Å². The Morgan fingerprint density at radius 1 is 1.60 bits per heavy atom. The molecule has 0 amide bonds. The average Bonchev–Trinajstić information content (AvgIpc) is 2.20. The summed E-state index contributed by atoms with van der Waals surface area (Å²) in [6, 6.07) is 4.29. The Hall–Kier alpha value is -1.66. The first-order valence-electron chi connectivity index (χ1n) is 4.24. The van der Waals surface area contributed by atoms with Crippen LogP contribution in [-0.2, 0) is 0 Å². The van der Waals surface area contributed by atoms with Gasteiger partial charge in [-0.05, 0) is 18.2 Å². The van der Waals surface area contributed by atoms with Crippen molar-refractivity contribution in [2.45, 2.75) is 6.42 Å². The number of rotatable bonds is 4. The predicted molar refractivity (Wildman–Crippen MR) is 57.4 cm³/mol. The van der Waals surface area contributed by atoms with Crippen molar-refractivity contribution in [3.8, 4) is 18.1 Å². The third-order valence-corrected chi connectivity index (χ3v) is 1.98. The molecule has 0 heterocycles. The third kappa shape index (κ3) is 3.19. The lowest BCUT2D eigenvalue weighted by Gasteiger charge is -2.06. The number of halogens is 1. The van der Waals surface area contributed by atoms with E-state index in [1.165, 1.54) is 18.2 Å². The van der Waals surface area contributed by atoms with Crippen molar-refractivity contribution >= 4 is 17.6 Å². The predicted octanol–water partition coefficient (Wildman–Crippen LogP) is 2.44. The standard InChI is InChI=1S/C11H9ClO3/c1-2-3-6-15-10-5-4-8(11(13)14)7-9(10)12/h1,4-5,7H,3,6H2,(H,13,14). The van der Waals surface area contributed by atoms with Gasteiger partial charge >= 0.3 is 5.97 Å². The molecule has 1 aromatic carbocycles. The van der Waals surface area contributed by atoms with Gasteiger partial charge in [-0.3, -0.25) is 0 Å². The topological polar surface area (TPSA) is 46.5 Å². The summed E-state index contributed by atoms with van der Waals surface area (Å²) < 4.78 is 5.24. The molecule has 78 valence electrons. The van der Waals surface area contributed by atoms with Gasteiger partial charge in [-0.15, -0.1) is 12.3 Å². The van der Waals surface area contributed by atoms with Crippen LogP contribution in [0.25, 0.3) is 0 Å². The van der Waals surface area contributed by atoms with E-state index in [-0.39, 0.29) is 10.6 Å². The molecule has 0 saturated heterocycles. The third-order valence-electron chi connectivity index (χ3n) is 1.68. The summed E-state index contributed by atoms with van der Waals surface area (Å²) in [6.45, 7) is 0.364. The number of aromatic carboxylic acids is 1. The Kier molecular flexibility index (Phi) is 4.02. The Bertz CT molecular complexity index is 407. The molecule has 0 radical (unpaired) electrons. The van der Waals surface area contributed by atoms with E-state index in [9.17, 15) is 4.79 Å². The molecule has 0 aliphatic heterocycles. The molecule has 0 saturated carbocycles. The number of carboxylic acid groups (broad SMARTS) is 1. The van der Waals surface area contributed by atoms with Crippen LogP contribution >= 0.6 is 11.6 Å². The lowest BCUT2D eigenvalue weighted by Crippen LogP contribution is -1.99. The van der Waals surface area contributed by atoms with E-state index in [1.54, 1.807) is 0 Å². The van der Waals surface area contributed by atoms with Crippen molar-refractivity contribution in [1.82, 2.24) is 0 Å². The largest absolute Gasteiger partial charge is 0.491 e. The molecule has 0 aliphatic rings. The highest BCUT2D eigenvalue weighted by atomic mass is 35.5. The number of carbonyl (C=O) groups is 1. The highest BCUT2D eigenvalue weighted by Crippen LogP contribution is 2.25. The summed E-state index contributed by atoms with van der Waals surface area (Å²) in [7, 11) is 0. The van der Waals surface area contributed by atoms with Gasteiger partial charge in [-0.25, -0.2) is 4.79 Å². The quantitative estimate of drug-likeness (QED) is 0.631. The Labute approximate surface area is 92.6 Å². The van der Waals surface area contributed by atoms with Gasteiger partial charge in [0.1, 0.15) is 5.75 Å². The lowest BCUT2D eigenvalue weighted by molar-refractivity contribution is 0.0697. The van der Waals surface area contributed by atoms with Crippen molar-refractivity contribution in [3.63, 3.8) is 0 Å². The summed E-state index contributed by atoms with van der Waals surface area (Å²) in [6.07, 6.45) is 5.54. The van der Waals surface area contributed by atoms with Crippen LogP contribution in [0, 0.1) is 12.3 Å². The molecule has 0 aliphatic carbocycles. The SMILES string of the molecule is C#CCCOc1ccc(C(=O)O)cc1Cl. The fraction of sp³-hybridized carbons (Fsp3) is 0.182. The van der Waals surface area contributed by atoms with E-state index in [1.807, 2.05) is 0 Å². The van der Waals surface area contributed by atoms with Gasteiger partial charge in [-0.2, -0.15) is 0 Å². The Morgan fingerprint density at radius 2 is 2.33 bits per heavy atom. The van der Waals surface area contributed by atoms with Crippen molar-refractivity contribution < 1.29 is 14.6 Å². The molecule has 0 bridgehead atoms. The fourth-order valence-electron chi connectivity index (χ4n) is 0.971. The van der Waals surface area contributed by atoms with Crippen LogP contribution in [0.2, 0.25) is 5.02 Å². The molecular weight excluding hydrogens is 216 g/mol. The summed E-state index contributed by atoms with van der Waals surface area (Å²) in [5.41, 5.74) is 0.129. The maximum Gasteiger partial charge on any atom is 0.335 e. The van der Waals surface area contributed by atoms with Gasteiger partial charge in [0.25, 0.3) is 0 Å². The molecule has 0 unspecified atom stereocenters. The van der Waals surface area contributed by atoms with E-state index in [0.717, 1.165) is 0 Å². The summed E-state index contributed by atoms with van der Waals surface area (Å²) in [5, 5.41) is 8.96. The second kappa shape index (κ2) is 5.28. The molecular formula is C11H9ClO3. The maximum atomic E-state index is 10.6. The fourth-order valence-corrected chi connectivity index (χ4v) is 1.21. The van der Waals surface area contributed by atoms with Gasteiger partial charge in [-0.1, -0.05) is 11.6 Å². The summed E-state index contributed by atoms with van der Waals surface area (Å²) in [4.78, 5) is 10.6. The second-order valence-corrected chi connectivity index (χ2v) is 3.16. The van der Waals surface area contributed by atoms with E-state index < -0.39 is 5.97 Å². The molecule has 4 heteroatoms. The van der Waals surface area contributed by atoms with E-state index in [4.69, 9.17) is 27.9 Å². The van der Waals surface area contributed by atoms with Crippen LogP contribution < -0.4 is 4.74 Å². The maximum absolute atomic E-state index is 10.6. The number of carboxylic acids is 1. The zero-order valence-electron chi connectivity index (χ0n) is 7.87. The van der Waals surface area contributed by atoms with E-state index >= 15 is 0 Å². The lowest BCUT2D eigenvalue weighted by atomic mass is 10.2. The highest BCUT2D eigenvalue weighted by Gasteiger charge is 2.07. The van der Waals surface area contributed by atoms with Crippen molar-refractivity contribution in [2.75, 3.05) is 6.61 Å². The normalized spacial score (nSPS) is 9.33. The number of hydrogen-bond acceptors (Lipinski definition) is 2. The van der Waals surface area contributed by atoms with Crippen LogP contribution in [0.4, 0.5) is 0 Å². The van der Waals surface area contributed by atoms with Gasteiger partial charge < -0.3 is 9.84 Å². The van der Waals surface area contributed by atoms with Crippen LogP contribution in [0.5, 0.6) is 5.75 Å². The van der Waals surface area contributed by atoms with Gasteiger partial charge in [0.05, 0.1) is 17.2 Å². The minimum atomic E-state index is -1.02. The van der Waals surface area contributed by atoms with Crippen molar-refractivity contribution in [3.05, 3.63) is 28.8 Å². The molecule has 0 atom stereocenters. The molecule has 1 rings (SSSR count). The molecule has 0 fully saturated rings. The van der Waals surface area contributed by atoms with Crippen molar-refractivity contribution in [2.24, 2.45) is 0 Å². The minimum absolute atomic E-state index is 0.129. The number of hydrogen-bond donors (Lipinski definition) is 1. The highest BCUT2D eigenvalue weighted by molar-refractivity contribution is 6.32. The van der Waals surface area contributed by atoms with Crippen LogP contribution in [-0.4, -0.2) is 17.7 Å². The Balaban J connectivity index is 2.76. The first kappa shape index (κ1) is 11.4. The second-order valence-electron chi connectivity index (χ2n) is 2.75. The molecule has 3 nitrogen and oxygen atoms in total. The average molecular weight is 225 g/mol.